The molecule has 8 heteroatoms. The van der Waals surface area contributed by atoms with E-state index >= 15 is 0 Å². The van der Waals surface area contributed by atoms with E-state index in [2.05, 4.69) is 4.74 Å². The fourth-order valence-corrected chi connectivity index (χ4v) is 1.47. The standard InChI is InChI=1S/C11H11NO7/c1-6(18-7(2)13)9-5-8(12(16)17)3-4-10(9)19-11(14)15/h3-6H,1-2H3,(H,14,15). The second-order valence-corrected chi connectivity index (χ2v) is 3.60. The molecule has 0 aromatic heterocycles. The van der Waals surface area contributed by atoms with Crippen LogP contribution in [0, 0.1) is 10.1 Å². The Morgan fingerprint density at radius 2 is 2.05 bits per heavy atom. The Kier molecular flexibility index (Phi) is 4.41. The first-order valence-electron chi connectivity index (χ1n) is 5.17. The molecular formula is C11H11NO7. The highest BCUT2D eigenvalue weighted by atomic mass is 16.7. The van der Waals surface area contributed by atoms with Gasteiger partial charge in [-0.2, -0.15) is 0 Å². The zero-order chi connectivity index (χ0) is 14.6. The number of ether oxygens (including phenoxy) is 2. The molecule has 0 radical (unpaired) electrons. The van der Waals surface area contributed by atoms with Gasteiger partial charge >= 0.3 is 12.1 Å². The van der Waals surface area contributed by atoms with Crippen molar-refractivity contribution in [2.45, 2.75) is 20.0 Å². The molecule has 0 spiro atoms. The Balaban J connectivity index is 3.20. The van der Waals surface area contributed by atoms with Crippen molar-refractivity contribution >= 4 is 17.8 Å². The van der Waals surface area contributed by atoms with Crippen LogP contribution in [-0.2, 0) is 9.53 Å². The Morgan fingerprint density at radius 3 is 2.53 bits per heavy atom. The number of rotatable bonds is 4. The number of benzene rings is 1. The number of carbonyl (C=O) groups is 2. The molecule has 19 heavy (non-hydrogen) atoms. The second kappa shape index (κ2) is 5.80. The van der Waals surface area contributed by atoms with Crippen LogP contribution in [-0.4, -0.2) is 22.2 Å². The minimum Gasteiger partial charge on any atom is -0.458 e. The summed E-state index contributed by atoms with van der Waals surface area (Å²) in [6, 6.07) is 3.34. The summed E-state index contributed by atoms with van der Waals surface area (Å²) in [6.45, 7) is 2.63. The topological polar surface area (TPSA) is 116 Å². The predicted molar refractivity (Wildman–Crippen MR) is 61.9 cm³/mol. The first-order valence-corrected chi connectivity index (χ1v) is 5.17. The van der Waals surface area contributed by atoms with Gasteiger partial charge in [0, 0.05) is 24.6 Å². The van der Waals surface area contributed by atoms with E-state index in [4.69, 9.17) is 9.84 Å². The number of non-ortho nitro benzene ring substituents is 1. The quantitative estimate of drug-likeness (QED) is 0.385. The van der Waals surface area contributed by atoms with Crippen LogP contribution in [0.15, 0.2) is 18.2 Å². The number of nitro benzene ring substituents is 1. The van der Waals surface area contributed by atoms with Gasteiger partial charge in [0.05, 0.1) is 4.92 Å². The molecule has 1 aromatic carbocycles. The van der Waals surface area contributed by atoms with Crippen LogP contribution >= 0.6 is 0 Å². The molecule has 0 heterocycles. The van der Waals surface area contributed by atoms with E-state index in [9.17, 15) is 19.7 Å². The van der Waals surface area contributed by atoms with Crippen LogP contribution in [0.4, 0.5) is 10.5 Å². The van der Waals surface area contributed by atoms with Gasteiger partial charge in [0.15, 0.2) is 0 Å². The van der Waals surface area contributed by atoms with Gasteiger partial charge in [-0.05, 0) is 13.0 Å². The van der Waals surface area contributed by atoms with Crippen molar-refractivity contribution < 1.29 is 29.1 Å². The number of esters is 1. The molecule has 0 saturated carbocycles. The molecule has 0 aliphatic carbocycles. The van der Waals surface area contributed by atoms with Crippen LogP contribution in [0.25, 0.3) is 0 Å². The van der Waals surface area contributed by atoms with E-state index in [0.29, 0.717) is 0 Å². The number of carbonyl (C=O) groups excluding carboxylic acids is 1. The lowest BCUT2D eigenvalue weighted by molar-refractivity contribution is -0.385. The SMILES string of the molecule is CC(=O)OC(C)c1cc([N+](=O)[O-])ccc1OC(=O)O. The van der Waals surface area contributed by atoms with Gasteiger partial charge in [-0.25, -0.2) is 4.79 Å². The number of nitro groups is 1. The fourth-order valence-electron chi connectivity index (χ4n) is 1.47. The maximum atomic E-state index is 10.9. The highest BCUT2D eigenvalue weighted by Crippen LogP contribution is 2.31. The lowest BCUT2D eigenvalue weighted by atomic mass is 10.1. The highest BCUT2D eigenvalue weighted by molar-refractivity contribution is 5.67. The molecule has 1 unspecified atom stereocenters. The molecule has 0 fully saturated rings. The highest BCUT2D eigenvalue weighted by Gasteiger charge is 2.20. The summed E-state index contributed by atoms with van der Waals surface area (Å²) in [4.78, 5) is 31.4. The van der Waals surface area contributed by atoms with Gasteiger partial charge in [0.2, 0.25) is 0 Å². The molecule has 0 aliphatic heterocycles. The van der Waals surface area contributed by atoms with Crippen LogP contribution in [0.2, 0.25) is 0 Å². The molecule has 0 bridgehead atoms. The van der Waals surface area contributed by atoms with Crippen LogP contribution < -0.4 is 4.74 Å². The maximum absolute atomic E-state index is 10.9. The predicted octanol–water partition coefficient (Wildman–Crippen LogP) is 2.28. The Bertz CT molecular complexity index is 526. The Hall–Kier alpha value is -2.64. The van der Waals surface area contributed by atoms with Crippen molar-refractivity contribution in [3.8, 4) is 5.75 Å². The van der Waals surface area contributed by atoms with E-state index in [-0.39, 0.29) is 17.0 Å². The van der Waals surface area contributed by atoms with E-state index in [0.717, 1.165) is 18.2 Å². The number of hydrogen-bond acceptors (Lipinski definition) is 6. The minimum absolute atomic E-state index is 0.104. The second-order valence-electron chi connectivity index (χ2n) is 3.60. The first-order chi connectivity index (χ1) is 8.81. The lowest BCUT2D eigenvalue weighted by Gasteiger charge is -2.15. The lowest BCUT2D eigenvalue weighted by Crippen LogP contribution is -2.10. The first kappa shape index (κ1) is 14.4. The van der Waals surface area contributed by atoms with Gasteiger partial charge < -0.3 is 14.6 Å². The maximum Gasteiger partial charge on any atom is 0.511 e. The zero-order valence-electron chi connectivity index (χ0n) is 10.2. The van der Waals surface area contributed by atoms with Gasteiger partial charge in [-0.3, -0.25) is 14.9 Å². The smallest absolute Gasteiger partial charge is 0.458 e. The van der Waals surface area contributed by atoms with Crippen LogP contribution in [0.3, 0.4) is 0 Å². The molecule has 0 saturated heterocycles. The van der Waals surface area contributed by atoms with Gasteiger partial charge in [0.1, 0.15) is 11.9 Å². The molecule has 1 rings (SSSR count). The van der Waals surface area contributed by atoms with Crippen molar-refractivity contribution in [1.82, 2.24) is 0 Å². The summed E-state index contributed by atoms with van der Waals surface area (Å²) in [5.41, 5.74) is -0.154. The van der Waals surface area contributed by atoms with Crippen LogP contribution in [0.5, 0.6) is 5.75 Å². The molecule has 102 valence electrons. The molecule has 1 atom stereocenters. The monoisotopic (exact) mass is 269 g/mol. The van der Waals surface area contributed by atoms with Crippen molar-refractivity contribution in [2.75, 3.05) is 0 Å². The third-order valence-corrected chi connectivity index (χ3v) is 2.18. The number of hydrogen-bond donors (Lipinski definition) is 1. The van der Waals surface area contributed by atoms with Crippen LogP contribution in [0.1, 0.15) is 25.5 Å². The van der Waals surface area contributed by atoms with E-state index in [1.807, 2.05) is 0 Å². The summed E-state index contributed by atoms with van der Waals surface area (Å²) in [5.74, 6) is -0.716. The summed E-state index contributed by atoms with van der Waals surface area (Å²) in [7, 11) is 0. The van der Waals surface area contributed by atoms with Gasteiger partial charge in [-0.1, -0.05) is 0 Å². The van der Waals surface area contributed by atoms with E-state index in [1.165, 1.54) is 13.8 Å². The summed E-state index contributed by atoms with van der Waals surface area (Å²) < 4.78 is 9.34. The summed E-state index contributed by atoms with van der Waals surface area (Å²) in [6.07, 6.45) is -2.43. The fraction of sp³-hybridized carbons (Fsp3) is 0.273. The molecule has 1 aromatic rings. The summed E-state index contributed by atoms with van der Waals surface area (Å²) in [5, 5.41) is 19.2. The van der Waals surface area contributed by atoms with Gasteiger partial charge in [-0.15, -0.1) is 0 Å². The van der Waals surface area contributed by atoms with E-state index < -0.39 is 23.2 Å². The van der Waals surface area contributed by atoms with Crippen molar-refractivity contribution in [1.29, 1.82) is 0 Å². The largest absolute Gasteiger partial charge is 0.511 e. The average Bonchev–Trinajstić information content (AvgIpc) is 2.27. The van der Waals surface area contributed by atoms with Crippen molar-refractivity contribution in [2.24, 2.45) is 0 Å². The number of nitrogens with zero attached hydrogens (tertiary/aromatic N) is 1. The summed E-state index contributed by atoms with van der Waals surface area (Å²) >= 11 is 0. The van der Waals surface area contributed by atoms with Crippen molar-refractivity contribution in [3.63, 3.8) is 0 Å². The average molecular weight is 269 g/mol. The minimum atomic E-state index is -1.56. The van der Waals surface area contributed by atoms with Crippen molar-refractivity contribution in [3.05, 3.63) is 33.9 Å². The Labute approximate surface area is 107 Å². The molecule has 0 aliphatic rings. The van der Waals surface area contributed by atoms with E-state index in [1.54, 1.807) is 0 Å². The molecule has 0 amide bonds. The third kappa shape index (κ3) is 3.95. The number of carboxylic acid groups (broad SMARTS) is 1. The molecule has 8 nitrogen and oxygen atoms in total. The Morgan fingerprint density at radius 1 is 1.42 bits per heavy atom. The molecular weight excluding hydrogens is 258 g/mol. The third-order valence-electron chi connectivity index (χ3n) is 2.18. The zero-order valence-corrected chi connectivity index (χ0v) is 10.2. The van der Waals surface area contributed by atoms with Gasteiger partial charge in [0.25, 0.3) is 5.69 Å². The molecule has 1 N–H and O–H groups in total. The normalized spacial score (nSPS) is 11.5.